The summed E-state index contributed by atoms with van der Waals surface area (Å²) in [5, 5.41) is 0. The molecule has 0 aromatic rings. The topological polar surface area (TPSA) is 26.8 Å². The van der Waals surface area contributed by atoms with Crippen molar-refractivity contribution in [2.75, 3.05) is 46.8 Å². The van der Waals surface area contributed by atoms with Crippen LogP contribution >= 0.6 is 0 Å². The van der Waals surface area contributed by atoms with E-state index in [1.807, 2.05) is 0 Å². The van der Waals surface area contributed by atoms with Crippen molar-refractivity contribution in [3.63, 3.8) is 0 Å². The van der Waals surface area contributed by atoms with Gasteiger partial charge in [-0.3, -0.25) is 9.69 Å². The number of likely N-dealkylation sites (tertiary alicyclic amines) is 2. The molecule has 4 nitrogen and oxygen atoms in total. The number of nitrogens with zero attached hydrogens (tertiary/aromatic N) is 3. The minimum absolute atomic E-state index is 0.241. The van der Waals surface area contributed by atoms with Gasteiger partial charge in [-0.25, -0.2) is 4.39 Å². The van der Waals surface area contributed by atoms with Crippen molar-refractivity contribution < 1.29 is 9.18 Å². The van der Waals surface area contributed by atoms with E-state index in [-0.39, 0.29) is 11.4 Å². The molecule has 21 heavy (non-hydrogen) atoms. The van der Waals surface area contributed by atoms with Crippen LogP contribution in [-0.4, -0.2) is 78.6 Å². The summed E-state index contributed by atoms with van der Waals surface area (Å²) < 4.78 is 13.9. The highest BCUT2D eigenvalue weighted by atomic mass is 19.1. The largest absolute Gasteiger partial charge is 0.340 e. The van der Waals surface area contributed by atoms with Crippen molar-refractivity contribution in [2.45, 2.75) is 49.7 Å². The molecule has 5 heteroatoms. The summed E-state index contributed by atoms with van der Waals surface area (Å²) >= 11 is 0. The van der Waals surface area contributed by atoms with Crippen LogP contribution in [0.5, 0.6) is 0 Å². The van der Waals surface area contributed by atoms with Crippen LogP contribution in [0, 0.1) is 0 Å². The molecule has 3 fully saturated rings. The smallest absolute Gasteiger partial charge is 0.260 e. The van der Waals surface area contributed by atoms with E-state index in [1.165, 1.54) is 19.4 Å². The van der Waals surface area contributed by atoms with Crippen LogP contribution in [-0.2, 0) is 4.79 Å². The molecule has 2 aliphatic heterocycles. The van der Waals surface area contributed by atoms with Crippen LogP contribution in [0.3, 0.4) is 0 Å². The van der Waals surface area contributed by atoms with Gasteiger partial charge in [0.1, 0.15) is 0 Å². The highest BCUT2D eigenvalue weighted by Crippen LogP contribution is 2.44. The summed E-state index contributed by atoms with van der Waals surface area (Å²) in [7, 11) is 4.22. The molecule has 0 aromatic heterocycles. The van der Waals surface area contributed by atoms with Gasteiger partial charge in [0.25, 0.3) is 5.91 Å². The zero-order valence-corrected chi connectivity index (χ0v) is 13.4. The summed E-state index contributed by atoms with van der Waals surface area (Å²) in [6.07, 6.45) is 5.40. The normalized spacial score (nSPS) is 27.5. The number of rotatable bonds is 4. The summed E-state index contributed by atoms with van der Waals surface area (Å²) in [6.45, 7) is 4.84. The maximum Gasteiger partial charge on any atom is 0.260 e. The van der Waals surface area contributed by atoms with Gasteiger partial charge in [0.2, 0.25) is 0 Å². The molecule has 1 amide bonds. The molecule has 0 unspecified atom stereocenters. The van der Waals surface area contributed by atoms with Crippen molar-refractivity contribution in [1.82, 2.24) is 14.7 Å². The molecule has 2 saturated heterocycles. The molecule has 0 N–H and O–H groups in total. The van der Waals surface area contributed by atoms with Gasteiger partial charge in [0, 0.05) is 31.7 Å². The minimum atomic E-state index is -1.50. The number of likely N-dealkylation sites (N-methyl/N-ethyl adjacent to an activating group) is 1. The average Bonchev–Trinajstić information content (AvgIpc) is 3.10. The molecule has 1 aliphatic carbocycles. The Bertz CT molecular complexity index is 400. The molecular formula is C16H28FN3O. The lowest BCUT2D eigenvalue weighted by atomic mass is 9.84. The standard InChI is InChI=1S/C16H28FN3O/c1-18(2)12-13-20-9-3-4-15(20)7-10-19(11-8-15)14(21)16(17)5-6-16/h3-13H2,1-2H3. The molecule has 2 heterocycles. The molecular weight excluding hydrogens is 269 g/mol. The Hall–Kier alpha value is -0.680. The van der Waals surface area contributed by atoms with Crippen molar-refractivity contribution in [3.8, 4) is 0 Å². The van der Waals surface area contributed by atoms with Gasteiger partial charge in [0.05, 0.1) is 0 Å². The SMILES string of the molecule is CN(C)CCN1CCCC12CCN(C(=O)C1(F)CC1)CC2. The fourth-order valence-corrected chi connectivity index (χ4v) is 3.96. The maximum absolute atomic E-state index is 13.9. The van der Waals surface area contributed by atoms with Gasteiger partial charge >= 0.3 is 0 Å². The zero-order chi connectivity index (χ0) is 15.1. The summed E-state index contributed by atoms with van der Waals surface area (Å²) in [4.78, 5) is 18.7. The van der Waals surface area contributed by atoms with Gasteiger partial charge in [-0.15, -0.1) is 0 Å². The van der Waals surface area contributed by atoms with Crippen molar-refractivity contribution in [2.24, 2.45) is 0 Å². The number of piperidine rings is 1. The molecule has 0 bridgehead atoms. The molecule has 120 valence electrons. The highest BCUT2D eigenvalue weighted by Gasteiger charge is 2.54. The average molecular weight is 297 g/mol. The van der Waals surface area contributed by atoms with E-state index in [4.69, 9.17) is 0 Å². The van der Waals surface area contributed by atoms with Crippen molar-refractivity contribution in [3.05, 3.63) is 0 Å². The molecule has 1 saturated carbocycles. The van der Waals surface area contributed by atoms with E-state index in [0.29, 0.717) is 12.8 Å². The van der Waals surface area contributed by atoms with Crippen LogP contribution < -0.4 is 0 Å². The lowest BCUT2D eigenvalue weighted by Gasteiger charge is -2.45. The molecule has 1 spiro atoms. The molecule has 3 aliphatic rings. The number of halogens is 1. The Labute approximate surface area is 127 Å². The van der Waals surface area contributed by atoms with E-state index < -0.39 is 5.67 Å². The second kappa shape index (κ2) is 5.51. The molecule has 3 rings (SSSR count). The summed E-state index contributed by atoms with van der Waals surface area (Å²) in [5.41, 5.74) is -1.22. The Morgan fingerprint density at radius 2 is 1.76 bits per heavy atom. The van der Waals surface area contributed by atoms with Gasteiger partial charge < -0.3 is 9.80 Å². The lowest BCUT2D eigenvalue weighted by molar-refractivity contribution is -0.140. The number of alkyl halides is 1. The van der Waals surface area contributed by atoms with Crippen LogP contribution in [0.1, 0.15) is 38.5 Å². The van der Waals surface area contributed by atoms with E-state index in [2.05, 4.69) is 23.9 Å². The first kappa shape index (κ1) is 15.2. The van der Waals surface area contributed by atoms with Gasteiger partial charge in [0.15, 0.2) is 5.67 Å². The summed E-state index contributed by atoms with van der Waals surface area (Å²) in [5.74, 6) is -0.241. The van der Waals surface area contributed by atoms with Crippen LogP contribution in [0.15, 0.2) is 0 Å². The molecule has 0 atom stereocenters. The third kappa shape index (κ3) is 2.95. The first-order valence-electron chi connectivity index (χ1n) is 8.33. The Balaban J connectivity index is 1.57. The Kier molecular flexibility index (Phi) is 3.99. The lowest BCUT2D eigenvalue weighted by Crippen LogP contribution is -2.55. The second-order valence-electron chi connectivity index (χ2n) is 7.38. The monoisotopic (exact) mass is 297 g/mol. The predicted molar refractivity (Wildman–Crippen MR) is 81.0 cm³/mol. The minimum Gasteiger partial charge on any atom is -0.340 e. The Morgan fingerprint density at radius 1 is 1.10 bits per heavy atom. The summed E-state index contributed by atoms with van der Waals surface area (Å²) in [6, 6.07) is 0. The fraction of sp³-hybridized carbons (Fsp3) is 0.938. The Morgan fingerprint density at radius 3 is 2.33 bits per heavy atom. The predicted octanol–water partition coefficient (Wildman–Crippen LogP) is 1.51. The van der Waals surface area contributed by atoms with Crippen LogP contribution in [0.25, 0.3) is 0 Å². The van der Waals surface area contributed by atoms with Crippen molar-refractivity contribution >= 4 is 5.91 Å². The van der Waals surface area contributed by atoms with Crippen LogP contribution in [0.2, 0.25) is 0 Å². The van der Waals surface area contributed by atoms with Gasteiger partial charge in [-0.05, 0) is 59.2 Å². The van der Waals surface area contributed by atoms with Gasteiger partial charge in [-0.2, -0.15) is 0 Å². The van der Waals surface area contributed by atoms with Crippen molar-refractivity contribution in [1.29, 1.82) is 0 Å². The quantitative estimate of drug-likeness (QED) is 0.787. The number of carbonyl (C=O) groups is 1. The zero-order valence-electron chi connectivity index (χ0n) is 13.4. The maximum atomic E-state index is 13.9. The second-order valence-corrected chi connectivity index (χ2v) is 7.38. The number of amides is 1. The van der Waals surface area contributed by atoms with E-state index >= 15 is 0 Å². The third-order valence-electron chi connectivity index (χ3n) is 5.61. The first-order chi connectivity index (χ1) is 9.95. The third-order valence-corrected chi connectivity index (χ3v) is 5.61. The first-order valence-corrected chi connectivity index (χ1v) is 8.33. The molecule has 0 aromatic carbocycles. The highest BCUT2D eigenvalue weighted by molar-refractivity contribution is 5.88. The van der Waals surface area contributed by atoms with E-state index in [0.717, 1.165) is 39.0 Å². The van der Waals surface area contributed by atoms with E-state index in [9.17, 15) is 9.18 Å². The fourth-order valence-electron chi connectivity index (χ4n) is 3.96. The van der Waals surface area contributed by atoms with E-state index in [1.54, 1.807) is 4.90 Å². The number of carbonyl (C=O) groups excluding carboxylic acids is 1. The number of hydrogen-bond donors (Lipinski definition) is 0. The van der Waals surface area contributed by atoms with Gasteiger partial charge in [-0.1, -0.05) is 0 Å². The van der Waals surface area contributed by atoms with Crippen LogP contribution in [0.4, 0.5) is 4.39 Å². The molecule has 0 radical (unpaired) electrons. The number of hydrogen-bond acceptors (Lipinski definition) is 3.